The summed E-state index contributed by atoms with van der Waals surface area (Å²) in [6.07, 6.45) is 0. The van der Waals surface area contributed by atoms with E-state index in [4.69, 9.17) is 5.26 Å². The molecule has 0 aliphatic carbocycles. The van der Waals surface area contributed by atoms with Gasteiger partial charge in [-0.2, -0.15) is 5.26 Å². The van der Waals surface area contributed by atoms with Crippen molar-refractivity contribution in [1.29, 1.82) is 5.26 Å². The minimum absolute atomic E-state index is 0.100. The molecule has 3 N–H and O–H groups in total. The predicted octanol–water partition coefficient (Wildman–Crippen LogP) is 3.39. The Labute approximate surface area is 175 Å². The normalized spacial score (nSPS) is 12.1. The first-order valence-corrected chi connectivity index (χ1v) is 9.61. The Hall–Kier alpha value is -4.57. The molecule has 3 aromatic carbocycles. The first-order chi connectivity index (χ1) is 15.1. The molecule has 7 heteroatoms. The van der Waals surface area contributed by atoms with Crippen molar-refractivity contribution in [2.45, 2.75) is 6.04 Å². The van der Waals surface area contributed by atoms with Crippen molar-refractivity contribution >= 4 is 21.7 Å². The maximum absolute atomic E-state index is 13.4. The van der Waals surface area contributed by atoms with Crippen LogP contribution in [0.25, 0.3) is 21.7 Å². The van der Waals surface area contributed by atoms with Crippen molar-refractivity contribution < 1.29 is 5.11 Å². The number of aromatic hydroxyl groups is 1. The Morgan fingerprint density at radius 1 is 0.871 bits per heavy atom. The van der Waals surface area contributed by atoms with Crippen LogP contribution in [-0.4, -0.2) is 19.9 Å². The van der Waals surface area contributed by atoms with Gasteiger partial charge in [-0.1, -0.05) is 42.5 Å². The highest BCUT2D eigenvalue weighted by molar-refractivity contribution is 5.87. The number of para-hydroxylation sites is 1. The van der Waals surface area contributed by atoms with E-state index >= 15 is 0 Å². The molecule has 0 bridgehead atoms. The number of aromatic nitrogens is 3. The van der Waals surface area contributed by atoms with Crippen molar-refractivity contribution in [3.05, 3.63) is 110 Å². The molecule has 0 saturated heterocycles. The highest BCUT2D eigenvalue weighted by Crippen LogP contribution is 2.37. The molecular formula is C24H16N4O3. The third-order valence-corrected chi connectivity index (χ3v) is 5.46. The van der Waals surface area contributed by atoms with Crippen LogP contribution in [0.3, 0.4) is 0 Å². The molecule has 2 heterocycles. The molecule has 0 fully saturated rings. The maximum Gasteiger partial charge on any atom is 0.274 e. The van der Waals surface area contributed by atoms with Crippen LogP contribution in [0.1, 0.15) is 22.7 Å². The Balaban J connectivity index is 1.88. The quantitative estimate of drug-likeness (QED) is 0.424. The average molecular weight is 408 g/mol. The number of aromatic amines is 2. The van der Waals surface area contributed by atoms with Crippen molar-refractivity contribution in [1.82, 2.24) is 14.8 Å². The van der Waals surface area contributed by atoms with Crippen molar-refractivity contribution in [3.8, 4) is 11.9 Å². The van der Waals surface area contributed by atoms with Crippen LogP contribution in [0.5, 0.6) is 5.88 Å². The summed E-state index contributed by atoms with van der Waals surface area (Å²) in [7, 11) is 0. The van der Waals surface area contributed by atoms with Gasteiger partial charge in [0, 0.05) is 10.9 Å². The molecule has 0 aliphatic heterocycles. The lowest BCUT2D eigenvalue weighted by Gasteiger charge is -2.21. The van der Waals surface area contributed by atoms with E-state index in [9.17, 15) is 14.7 Å². The Morgan fingerprint density at radius 3 is 2.23 bits per heavy atom. The average Bonchev–Trinajstić information content (AvgIpc) is 3.13. The SMILES string of the molecule is N#Cc1ccc(C(c2c(O)[nH]c3ccccc23)n2[nH]c(=O)c3ccccc3c2=O)cc1. The number of fused-ring (bicyclic) bond motifs is 2. The molecule has 5 aromatic rings. The lowest BCUT2D eigenvalue weighted by atomic mass is 9.96. The molecule has 2 aromatic heterocycles. The third-order valence-electron chi connectivity index (χ3n) is 5.46. The number of benzene rings is 3. The number of nitrogens with one attached hydrogen (secondary N) is 2. The van der Waals surface area contributed by atoms with Gasteiger partial charge in [0.2, 0.25) is 0 Å². The number of H-pyrrole nitrogens is 2. The largest absolute Gasteiger partial charge is 0.494 e. The van der Waals surface area contributed by atoms with Crippen LogP contribution in [0.15, 0.2) is 82.4 Å². The monoisotopic (exact) mass is 408 g/mol. The minimum atomic E-state index is -0.825. The van der Waals surface area contributed by atoms with Crippen molar-refractivity contribution in [3.63, 3.8) is 0 Å². The van der Waals surface area contributed by atoms with Gasteiger partial charge in [0.25, 0.3) is 11.1 Å². The summed E-state index contributed by atoms with van der Waals surface area (Å²) in [5, 5.41) is 23.9. The van der Waals surface area contributed by atoms with Crippen molar-refractivity contribution in [2.75, 3.05) is 0 Å². The van der Waals surface area contributed by atoms with E-state index in [1.165, 1.54) is 4.68 Å². The van der Waals surface area contributed by atoms with E-state index in [0.29, 0.717) is 27.6 Å². The smallest absolute Gasteiger partial charge is 0.274 e. The summed E-state index contributed by atoms with van der Waals surface area (Å²) in [5.41, 5.74) is 1.44. The standard InChI is InChI=1S/C24H16N4O3/c25-13-14-9-11-15(12-10-14)21(20-18-7-3-4-8-19(18)26-23(20)30)28-24(31)17-6-2-1-5-16(17)22(29)27-28/h1-12,21,26,30H,(H,27,29). The first kappa shape index (κ1) is 18.5. The minimum Gasteiger partial charge on any atom is -0.494 e. The lowest BCUT2D eigenvalue weighted by molar-refractivity contribution is 0.439. The highest BCUT2D eigenvalue weighted by atomic mass is 16.3. The maximum atomic E-state index is 13.4. The van der Waals surface area contributed by atoms with Gasteiger partial charge >= 0.3 is 0 Å². The van der Waals surface area contributed by atoms with Crippen LogP contribution in [0, 0.1) is 11.3 Å². The van der Waals surface area contributed by atoms with Crippen LogP contribution in [0.2, 0.25) is 0 Å². The van der Waals surface area contributed by atoms with Gasteiger partial charge in [0.15, 0.2) is 5.88 Å². The Morgan fingerprint density at radius 2 is 1.52 bits per heavy atom. The Kier molecular flexibility index (Phi) is 4.19. The molecule has 0 amide bonds. The second-order valence-corrected chi connectivity index (χ2v) is 7.23. The molecule has 0 saturated carbocycles. The fourth-order valence-electron chi connectivity index (χ4n) is 4.01. The van der Waals surface area contributed by atoms with E-state index in [2.05, 4.69) is 16.2 Å². The number of rotatable bonds is 3. The zero-order valence-electron chi connectivity index (χ0n) is 16.2. The fraction of sp³-hybridized carbons (Fsp3) is 0.0417. The fourth-order valence-corrected chi connectivity index (χ4v) is 4.01. The molecule has 0 radical (unpaired) electrons. The van der Waals surface area contributed by atoms with Crippen LogP contribution < -0.4 is 11.1 Å². The number of nitriles is 1. The van der Waals surface area contributed by atoms with E-state index in [-0.39, 0.29) is 11.3 Å². The van der Waals surface area contributed by atoms with Gasteiger partial charge in [0.1, 0.15) is 6.04 Å². The molecule has 150 valence electrons. The van der Waals surface area contributed by atoms with Gasteiger partial charge in [-0.25, -0.2) is 4.68 Å². The van der Waals surface area contributed by atoms with Gasteiger partial charge in [-0.15, -0.1) is 0 Å². The molecule has 1 atom stereocenters. The molecule has 0 spiro atoms. The number of hydrogen-bond acceptors (Lipinski definition) is 4. The summed E-state index contributed by atoms with van der Waals surface area (Å²) < 4.78 is 1.24. The second kappa shape index (κ2) is 7.04. The topological polar surface area (TPSA) is 115 Å². The first-order valence-electron chi connectivity index (χ1n) is 9.61. The summed E-state index contributed by atoms with van der Waals surface area (Å²) in [4.78, 5) is 29.1. The number of hydrogen-bond donors (Lipinski definition) is 3. The molecule has 0 aliphatic rings. The second-order valence-electron chi connectivity index (χ2n) is 7.23. The molecule has 31 heavy (non-hydrogen) atoms. The Bertz CT molecular complexity index is 1600. The van der Waals surface area contributed by atoms with Crippen LogP contribution >= 0.6 is 0 Å². The summed E-state index contributed by atoms with van der Waals surface area (Å²) >= 11 is 0. The van der Waals surface area contributed by atoms with Crippen molar-refractivity contribution in [2.24, 2.45) is 0 Å². The third kappa shape index (κ3) is 2.90. The molecule has 1 unspecified atom stereocenters. The summed E-state index contributed by atoms with van der Waals surface area (Å²) in [6, 6.07) is 21.9. The zero-order valence-corrected chi connectivity index (χ0v) is 16.2. The van der Waals surface area contributed by atoms with Gasteiger partial charge in [-0.05, 0) is 35.9 Å². The zero-order chi connectivity index (χ0) is 21.5. The van der Waals surface area contributed by atoms with E-state index in [1.54, 1.807) is 48.5 Å². The molecule has 5 rings (SSSR count). The van der Waals surface area contributed by atoms with E-state index in [1.807, 2.05) is 24.3 Å². The predicted molar refractivity (Wildman–Crippen MR) is 117 cm³/mol. The van der Waals surface area contributed by atoms with Crippen LogP contribution in [-0.2, 0) is 0 Å². The molecular weight excluding hydrogens is 392 g/mol. The van der Waals surface area contributed by atoms with Crippen LogP contribution in [0.4, 0.5) is 0 Å². The van der Waals surface area contributed by atoms with E-state index in [0.717, 1.165) is 5.39 Å². The summed E-state index contributed by atoms with van der Waals surface area (Å²) in [6.45, 7) is 0. The van der Waals surface area contributed by atoms with E-state index < -0.39 is 17.2 Å². The highest BCUT2D eigenvalue weighted by Gasteiger charge is 2.26. The number of nitrogens with zero attached hydrogens (tertiary/aromatic N) is 2. The lowest BCUT2D eigenvalue weighted by Crippen LogP contribution is -2.34. The van der Waals surface area contributed by atoms with Gasteiger partial charge < -0.3 is 10.1 Å². The molecule has 7 nitrogen and oxygen atoms in total. The van der Waals surface area contributed by atoms with Gasteiger partial charge in [0.05, 0.1) is 28.0 Å². The summed E-state index contributed by atoms with van der Waals surface area (Å²) in [5.74, 6) is -0.100. The van der Waals surface area contributed by atoms with Gasteiger partial charge in [-0.3, -0.25) is 14.7 Å².